The van der Waals surface area contributed by atoms with Gasteiger partial charge in [0.1, 0.15) is 0 Å². The highest BCUT2D eigenvalue weighted by Crippen LogP contribution is 2.30. The molecule has 1 saturated heterocycles. The van der Waals surface area contributed by atoms with Gasteiger partial charge in [-0.1, -0.05) is 18.9 Å². The molecular formula is C17H26N2O3. The number of nitrogens with one attached hydrogen (secondary N) is 1. The third kappa shape index (κ3) is 4.37. The Kier molecular flexibility index (Phi) is 6.52. The molecule has 22 heavy (non-hydrogen) atoms. The molecule has 1 N–H and O–H groups in total. The lowest BCUT2D eigenvalue weighted by atomic mass is 10.1. The molecule has 1 aromatic rings. The van der Waals surface area contributed by atoms with E-state index in [2.05, 4.69) is 10.2 Å². The summed E-state index contributed by atoms with van der Waals surface area (Å²) in [5, 5.41) is 2.98. The second-order valence-electron chi connectivity index (χ2n) is 5.55. The number of methoxy groups -OCH3 is 2. The first-order valence-electron chi connectivity index (χ1n) is 7.98. The molecule has 0 bridgehead atoms. The third-order valence-corrected chi connectivity index (χ3v) is 4.06. The number of benzene rings is 1. The highest BCUT2D eigenvalue weighted by molar-refractivity contribution is 5.97. The fourth-order valence-corrected chi connectivity index (χ4v) is 2.85. The molecule has 122 valence electrons. The van der Waals surface area contributed by atoms with E-state index in [-0.39, 0.29) is 5.91 Å². The number of nitrogens with zero attached hydrogens (tertiary/aromatic N) is 1. The Morgan fingerprint density at radius 2 is 1.86 bits per heavy atom. The van der Waals surface area contributed by atoms with Crippen LogP contribution in [0.4, 0.5) is 0 Å². The molecule has 5 nitrogen and oxygen atoms in total. The standard InChI is InChI=1S/C17H26N2O3/c1-21-15-9-7-8-14(16(15)22-2)17(20)18-10-13-19-11-5-3-4-6-12-19/h7-9H,3-6,10-13H2,1-2H3,(H,18,20). The number of ether oxygens (including phenoxy) is 2. The zero-order valence-electron chi connectivity index (χ0n) is 13.6. The van der Waals surface area contributed by atoms with Crippen molar-refractivity contribution in [2.45, 2.75) is 25.7 Å². The van der Waals surface area contributed by atoms with Crippen LogP contribution in [0.15, 0.2) is 18.2 Å². The minimum Gasteiger partial charge on any atom is -0.493 e. The minimum atomic E-state index is -0.120. The van der Waals surface area contributed by atoms with E-state index in [4.69, 9.17) is 9.47 Å². The fourth-order valence-electron chi connectivity index (χ4n) is 2.85. The second kappa shape index (κ2) is 8.63. The first-order valence-corrected chi connectivity index (χ1v) is 7.98. The molecule has 1 heterocycles. The molecule has 0 aromatic heterocycles. The van der Waals surface area contributed by atoms with Crippen molar-refractivity contribution in [2.24, 2.45) is 0 Å². The van der Waals surface area contributed by atoms with Crippen molar-refractivity contribution in [1.29, 1.82) is 0 Å². The minimum absolute atomic E-state index is 0.120. The van der Waals surface area contributed by atoms with E-state index >= 15 is 0 Å². The van der Waals surface area contributed by atoms with Gasteiger partial charge in [0.05, 0.1) is 19.8 Å². The van der Waals surface area contributed by atoms with Crippen LogP contribution in [0.2, 0.25) is 0 Å². The molecule has 1 aliphatic rings. The number of likely N-dealkylation sites (tertiary alicyclic amines) is 1. The molecule has 2 rings (SSSR count). The van der Waals surface area contributed by atoms with Crippen molar-refractivity contribution in [3.63, 3.8) is 0 Å². The van der Waals surface area contributed by atoms with Crippen LogP contribution in [0.3, 0.4) is 0 Å². The van der Waals surface area contributed by atoms with Gasteiger partial charge in [0.25, 0.3) is 5.91 Å². The molecule has 0 atom stereocenters. The Balaban J connectivity index is 1.89. The van der Waals surface area contributed by atoms with Crippen LogP contribution >= 0.6 is 0 Å². The molecule has 1 fully saturated rings. The van der Waals surface area contributed by atoms with Crippen molar-refractivity contribution < 1.29 is 14.3 Å². The monoisotopic (exact) mass is 306 g/mol. The lowest BCUT2D eigenvalue weighted by Gasteiger charge is -2.20. The Hall–Kier alpha value is -1.75. The number of para-hydroxylation sites is 1. The summed E-state index contributed by atoms with van der Waals surface area (Å²) in [7, 11) is 3.12. The quantitative estimate of drug-likeness (QED) is 0.876. The number of hydrogen-bond donors (Lipinski definition) is 1. The van der Waals surface area contributed by atoms with Gasteiger partial charge in [0, 0.05) is 13.1 Å². The predicted octanol–water partition coefficient (Wildman–Crippen LogP) is 2.31. The number of rotatable bonds is 6. The number of carbonyl (C=O) groups excluding carboxylic acids is 1. The first-order chi connectivity index (χ1) is 10.8. The maximum atomic E-state index is 12.3. The van der Waals surface area contributed by atoms with E-state index in [1.54, 1.807) is 32.4 Å². The summed E-state index contributed by atoms with van der Waals surface area (Å²) in [6.45, 7) is 3.83. The molecule has 5 heteroatoms. The zero-order chi connectivity index (χ0) is 15.8. The van der Waals surface area contributed by atoms with Crippen LogP contribution < -0.4 is 14.8 Å². The highest BCUT2D eigenvalue weighted by atomic mass is 16.5. The molecule has 1 amide bonds. The van der Waals surface area contributed by atoms with E-state index in [0.717, 1.165) is 19.6 Å². The van der Waals surface area contributed by atoms with Crippen LogP contribution in [0.1, 0.15) is 36.0 Å². The molecule has 0 spiro atoms. The van der Waals surface area contributed by atoms with E-state index in [1.165, 1.54) is 25.7 Å². The molecule has 0 aliphatic carbocycles. The molecule has 0 saturated carbocycles. The third-order valence-electron chi connectivity index (χ3n) is 4.06. The Labute approximate surface area is 132 Å². The smallest absolute Gasteiger partial charge is 0.255 e. The molecule has 0 unspecified atom stereocenters. The van der Waals surface area contributed by atoms with Gasteiger partial charge in [-0.05, 0) is 38.1 Å². The SMILES string of the molecule is COc1cccc(C(=O)NCCN2CCCCCC2)c1OC. The highest BCUT2D eigenvalue weighted by Gasteiger charge is 2.16. The van der Waals surface area contributed by atoms with E-state index in [1.807, 2.05) is 0 Å². The average molecular weight is 306 g/mol. The van der Waals surface area contributed by atoms with Gasteiger partial charge in [-0.2, -0.15) is 0 Å². The largest absolute Gasteiger partial charge is 0.493 e. The second-order valence-corrected chi connectivity index (χ2v) is 5.55. The van der Waals surface area contributed by atoms with E-state index in [0.29, 0.717) is 23.6 Å². The lowest BCUT2D eigenvalue weighted by Crippen LogP contribution is -2.35. The first kappa shape index (κ1) is 16.6. The summed E-state index contributed by atoms with van der Waals surface area (Å²) in [6, 6.07) is 5.33. The molecule has 1 aromatic carbocycles. The number of amides is 1. The van der Waals surface area contributed by atoms with Gasteiger partial charge < -0.3 is 19.7 Å². The average Bonchev–Trinajstić information content (AvgIpc) is 2.82. The molecule has 0 radical (unpaired) electrons. The number of hydrogen-bond acceptors (Lipinski definition) is 4. The van der Waals surface area contributed by atoms with Crippen LogP contribution in [0.25, 0.3) is 0 Å². The normalized spacial score (nSPS) is 15.9. The summed E-state index contributed by atoms with van der Waals surface area (Å²) >= 11 is 0. The van der Waals surface area contributed by atoms with Crippen LogP contribution in [-0.4, -0.2) is 51.2 Å². The molecule has 1 aliphatic heterocycles. The Morgan fingerprint density at radius 3 is 2.50 bits per heavy atom. The van der Waals surface area contributed by atoms with Crippen molar-refractivity contribution in [3.05, 3.63) is 23.8 Å². The maximum absolute atomic E-state index is 12.3. The van der Waals surface area contributed by atoms with Crippen molar-refractivity contribution >= 4 is 5.91 Å². The van der Waals surface area contributed by atoms with Gasteiger partial charge >= 0.3 is 0 Å². The van der Waals surface area contributed by atoms with E-state index in [9.17, 15) is 4.79 Å². The number of carbonyl (C=O) groups is 1. The van der Waals surface area contributed by atoms with Gasteiger partial charge in [-0.15, -0.1) is 0 Å². The van der Waals surface area contributed by atoms with Crippen molar-refractivity contribution in [2.75, 3.05) is 40.4 Å². The van der Waals surface area contributed by atoms with Crippen LogP contribution in [0.5, 0.6) is 11.5 Å². The topological polar surface area (TPSA) is 50.8 Å². The van der Waals surface area contributed by atoms with Crippen molar-refractivity contribution in [1.82, 2.24) is 10.2 Å². The van der Waals surface area contributed by atoms with E-state index < -0.39 is 0 Å². The predicted molar refractivity (Wildman–Crippen MR) is 86.8 cm³/mol. The summed E-state index contributed by atoms with van der Waals surface area (Å²) in [4.78, 5) is 14.8. The Bertz CT molecular complexity index is 483. The summed E-state index contributed by atoms with van der Waals surface area (Å²) in [6.07, 6.45) is 5.17. The molecular weight excluding hydrogens is 280 g/mol. The summed E-state index contributed by atoms with van der Waals surface area (Å²) in [5.41, 5.74) is 0.512. The van der Waals surface area contributed by atoms with Crippen LogP contribution in [0, 0.1) is 0 Å². The fraction of sp³-hybridized carbons (Fsp3) is 0.588. The summed E-state index contributed by atoms with van der Waals surface area (Å²) < 4.78 is 10.5. The van der Waals surface area contributed by atoms with Crippen LogP contribution in [-0.2, 0) is 0 Å². The Morgan fingerprint density at radius 1 is 1.14 bits per heavy atom. The van der Waals surface area contributed by atoms with Gasteiger partial charge in [-0.25, -0.2) is 0 Å². The van der Waals surface area contributed by atoms with Gasteiger partial charge in [0.2, 0.25) is 0 Å². The van der Waals surface area contributed by atoms with Crippen molar-refractivity contribution in [3.8, 4) is 11.5 Å². The maximum Gasteiger partial charge on any atom is 0.255 e. The summed E-state index contributed by atoms with van der Waals surface area (Å²) in [5.74, 6) is 0.936. The van der Waals surface area contributed by atoms with Gasteiger partial charge in [-0.3, -0.25) is 4.79 Å². The van der Waals surface area contributed by atoms with Gasteiger partial charge in [0.15, 0.2) is 11.5 Å². The lowest BCUT2D eigenvalue weighted by molar-refractivity contribution is 0.0945. The zero-order valence-corrected chi connectivity index (χ0v) is 13.6.